The van der Waals surface area contributed by atoms with Crippen molar-refractivity contribution in [3.63, 3.8) is 0 Å². The first-order valence-corrected chi connectivity index (χ1v) is 7.89. The number of nitrogens with zero attached hydrogens (tertiary/aromatic N) is 1. The first kappa shape index (κ1) is 15.8. The van der Waals surface area contributed by atoms with Crippen LogP contribution in [0.4, 0.5) is 0 Å². The SMILES string of the molecule is CNC(C)c1ccccc1OCC(=O)N1CCCCCC1. The molecule has 4 heteroatoms. The highest BCUT2D eigenvalue weighted by Crippen LogP contribution is 2.24. The molecule has 4 nitrogen and oxygen atoms in total. The number of rotatable bonds is 5. The van der Waals surface area contributed by atoms with Crippen LogP contribution in [-0.4, -0.2) is 37.6 Å². The lowest BCUT2D eigenvalue weighted by Crippen LogP contribution is -2.35. The van der Waals surface area contributed by atoms with Gasteiger partial charge in [0.2, 0.25) is 0 Å². The number of ether oxygens (including phenoxy) is 1. The summed E-state index contributed by atoms with van der Waals surface area (Å²) in [6.45, 7) is 3.96. The van der Waals surface area contributed by atoms with Crippen molar-refractivity contribution in [1.82, 2.24) is 10.2 Å². The third-order valence-electron chi connectivity index (χ3n) is 4.13. The van der Waals surface area contributed by atoms with Crippen molar-refractivity contribution in [3.8, 4) is 5.75 Å². The molecule has 0 aromatic heterocycles. The Labute approximate surface area is 127 Å². The molecule has 1 unspecified atom stereocenters. The Balaban J connectivity index is 1.94. The Morgan fingerprint density at radius 2 is 1.90 bits per heavy atom. The van der Waals surface area contributed by atoms with Gasteiger partial charge in [-0.1, -0.05) is 31.0 Å². The second kappa shape index (κ2) is 8.03. The van der Waals surface area contributed by atoms with Gasteiger partial charge >= 0.3 is 0 Å². The number of hydrogen-bond acceptors (Lipinski definition) is 3. The maximum Gasteiger partial charge on any atom is 0.260 e. The van der Waals surface area contributed by atoms with E-state index >= 15 is 0 Å². The summed E-state index contributed by atoms with van der Waals surface area (Å²) in [6, 6.07) is 8.10. The number of carbonyl (C=O) groups is 1. The third kappa shape index (κ3) is 4.46. The fraction of sp³-hybridized carbons (Fsp3) is 0.588. The van der Waals surface area contributed by atoms with Gasteiger partial charge in [0.15, 0.2) is 6.61 Å². The average Bonchev–Trinajstić information content (AvgIpc) is 2.81. The Hall–Kier alpha value is -1.55. The van der Waals surface area contributed by atoms with E-state index in [9.17, 15) is 4.79 Å². The van der Waals surface area contributed by atoms with Crippen LogP contribution >= 0.6 is 0 Å². The number of nitrogens with one attached hydrogen (secondary N) is 1. The van der Waals surface area contributed by atoms with Gasteiger partial charge in [-0.3, -0.25) is 4.79 Å². The minimum absolute atomic E-state index is 0.101. The zero-order chi connectivity index (χ0) is 15.1. The molecule has 1 heterocycles. The van der Waals surface area contributed by atoms with Gasteiger partial charge in [0.1, 0.15) is 5.75 Å². The molecule has 1 aliphatic heterocycles. The standard InChI is InChI=1S/C17H26N2O2/c1-14(18-2)15-9-5-6-10-16(15)21-13-17(20)19-11-7-3-4-8-12-19/h5-6,9-10,14,18H,3-4,7-8,11-13H2,1-2H3. The smallest absolute Gasteiger partial charge is 0.260 e. The molecule has 1 saturated heterocycles. The average molecular weight is 290 g/mol. The number of likely N-dealkylation sites (tertiary alicyclic amines) is 1. The summed E-state index contributed by atoms with van der Waals surface area (Å²) in [5.74, 6) is 0.895. The highest BCUT2D eigenvalue weighted by atomic mass is 16.5. The van der Waals surface area contributed by atoms with Crippen LogP contribution in [0.15, 0.2) is 24.3 Å². The monoisotopic (exact) mass is 290 g/mol. The molecule has 21 heavy (non-hydrogen) atoms. The van der Waals surface area contributed by atoms with E-state index in [2.05, 4.69) is 12.2 Å². The highest BCUT2D eigenvalue weighted by Gasteiger charge is 2.17. The van der Waals surface area contributed by atoms with Gasteiger partial charge in [-0.25, -0.2) is 0 Å². The fourth-order valence-corrected chi connectivity index (χ4v) is 2.68. The summed E-state index contributed by atoms with van der Waals surface area (Å²) >= 11 is 0. The summed E-state index contributed by atoms with van der Waals surface area (Å²) in [4.78, 5) is 14.2. The molecule has 1 N–H and O–H groups in total. The van der Waals surface area contributed by atoms with Crippen molar-refractivity contribution in [2.75, 3.05) is 26.7 Å². The normalized spacial score (nSPS) is 17.1. The Morgan fingerprint density at radius 3 is 2.57 bits per heavy atom. The van der Waals surface area contributed by atoms with Crippen molar-refractivity contribution >= 4 is 5.91 Å². The summed E-state index contributed by atoms with van der Waals surface area (Å²) in [7, 11) is 1.92. The predicted octanol–water partition coefficient (Wildman–Crippen LogP) is 2.75. The van der Waals surface area contributed by atoms with Crippen LogP contribution in [0.5, 0.6) is 5.75 Å². The van der Waals surface area contributed by atoms with E-state index in [0.717, 1.165) is 37.2 Å². The largest absolute Gasteiger partial charge is 0.483 e. The first-order chi connectivity index (χ1) is 10.2. The predicted molar refractivity (Wildman–Crippen MR) is 84.5 cm³/mol. The lowest BCUT2D eigenvalue weighted by molar-refractivity contribution is -0.133. The van der Waals surface area contributed by atoms with Gasteiger partial charge in [-0.2, -0.15) is 0 Å². The van der Waals surface area contributed by atoms with Crippen LogP contribution in [0, 0.1) is 0 Å². The zero-order valence-electron chi connectivity index (χ0n) is 13.1. The quantitative estimate of drug-likeness (QED) is 0.906. The fourth-order valence-electron chi connectivity index (χ4n) is 2.68. The van der Waals surface area contributed by atoms with E-state index in [4.69, 9.17) is 4.74 Å². The molecule has 116 valence electrons. The molecular weight excluding hydrogens is 264 g/mol. The Morgan fingerprint density at radius 1 is 1.24 bits per heavy atom. The number of para-hydroxylation sites is 1. The topological polar surface area (TPSA) is 41.6 Å². The Kier molecular flexibility index (Phi) is 6.05. The van der Waals surface area contributed by atoms with Crippen molar-refractivity contribution < 1.29 is 9.53 Å². The van der Waals surface area contributed by atoms with Gasteiger partial charge in [0, 0.05) is 24.7 Å². The second-order valence-corrected chi connectivity index (χ2v) is 5.63. The van der Waals surface area contributed by atoms with E-state index in [1.807, 2.05) is 36.2 Å². The van der Waals surface area contributed by atoms with E-state index in [1.54, 1.807) is 0 Å². The zero-order valence-corrected chi connectivity index (χ0v) is 13.1. The molecule has 1 amide bonds. The maximum absolute atomic E-state index is 12.3. The molecule has 0 aliphatic carbocycles. The lowest BCUT2D eigenvalue weighted by atomic mass is 10.1. The molecule has 0 bridgehead atoms. The molecule has 1 aliphatic rings. The Bertz CT molecular complexity index is 454. The molecule has 0 radical (unpaired) electrons. The lowest BCUT2D eigenvalue weighted by Gasteiger charge is -2.21. The summed E-state index contributed by atoms with van der Waals surface area (Å²) in [5.41, 5.74) is 1.09. The van der Waals surface area contributed by atoms with Crippen molar-refractivity contribution in [1.29, 1.82) is 0 Å². The molecule has 1 atom stereocenters. The van der Waals surface area contributed by atoms with Gasteiger partial charge in [-0.05, 0) is 32.9 Å². The second-order valence-electron chi connectivity index (χ2n) is 5.63. The van der Waals surface area contributed by atoms with Crippen LogP contribution in [0.2, 0.25) is 0 Å². The highest BCUT2D eigenvalue weighted by molar-refractivity contribution is 5.77. The number of amides is 1. The molecule has 0 saturated carbocycles. The van der Waals surface area contributed by atoms with Gasteiger partial charge in [0.25, 0.3) is 5.91 Å². The van der Waals surface area contributed by atoms with Crippen LogP contribution in [0.25, 0.3) is 0 Å². The molecule has 1 aromatic rings. The molecule has 2 rings (SSSR count). The molecule has 0 spiro atoms. The van der Waals surface area contributed by atoms with Crippen LogP contribution in [0.1, 0.15) is 44.2 Å². The van der Waals surface area contributed by atoms with E-state index in [-0.39, 0.29) is 18.6 Å². The number of benzene rings is 1. The number of hydrogen-bond donors (Lipinski definition) is 1. The van der Waals surface area contributed by atoms with E-state index in [1.165, 1.54) is 12.8 Å². The van der Waals surface area contributed by atoms with Crippen molar-refractivity contribution in [3.05, 3.63) is 29.8 Å². The molecular formula is C17H26N2O2. The van der Waals surface area contributed by atoms with Crippen LogP contribution < -0.4 is 10.1 Å². The van der Waals surface area contributed by atoms with Crippen LogP contribution in [0.3, 0.4) is 0 Å². The van der Waals surface area contributed by atoms with Gasteiger partial charge in [0.05, 0.1) is 0 Å². The van der Waals surface area contributed by atoms with Gasteiger partial charge in [-0.15, -0.1) is 0 Å². The van der Waals surface area contributed by atoms with Crippen molar-refractivity contribution in [2.45, 2.75) is 38.6 Å². The summed E-state index contributed by atoms with van der Waals surface area (Å²) < 4.78 is 5.78. The summed E-state index contributed by atoms with van der Waals surface area (Å²) in [5, 5.41) is 3.21. The van der Waals surface area contributed by atoms with Crippen LogP contribution in [-0.2, 0) is 4.79 Å². The first-order valence-electron chi connectivity index (χ1n) is 7.89. The van der Waals surface area contributed by atoms with E-state index in [0.29, 0.717) is 0 Å². The van der Waals surface area contributed by atoms with Gasteiger partial charge < -0.3 is 15.0 Å². The molecule has 1 aromatic carbocycles. The molecule has 1 fully saturated rings. The minimum Gasteiger partial charge on any atom is -0.483 e. The maximum atomic E-state index is 12.3. The van der Waals surface area contributed by atoms with Crippen molar-refractivity contribution in [2.24, 2.45) is 0 Å². The third-order valence-corrected chi connectivity index (χ3v) is 4.13. The summed E-state index contributed by atoms with van der Waals surface area (Å²) in [6.07, 6.45) is 4.68. The van der Waals surface area contributed by atoms with E-state index < -0.39 is 0 Å². The number of carbonyl (C=O) groups excluding carboxylic acids is 1. The minimum atomic E-state index is 0.101.